The Morgan fingerprint density at radius 1 is 1.37 bits per heavy atom. The number of carbonyl (C=O) groups excluding carboxylic acids is 1. The molecule has 19 heavy (non-hydrogen) atoms. The first-order valence-corrected chi connectivity index (χ1v) is 6.49. The fourth-order valence-corrected chi connectivity index (χ4v) is 1.60. The fourth-order valence-electron chi connectivity index (χ4n) is 1.60. The highest BCUT2D eigenvalue weighted by molar-refractivity contribution is 5.75. The Labute approximate surface area is 113 Å². The van der Waals surface area contributed by atoms with Gasteiger partial charge in [0, 0.05) is 19.7 Å². The van der Waals surface area contributed by atoms with Crippen LogP contribution in [0, 0.1) is 5.82 Å². The smallest absolute Gasteiger partial charge is 0.223 e. The first kappa shape index (κ1) is 15.4. The van der Waals surface area contributed by atoms with Crippen molar-refractivity contribution in [3.05, 3.63) is 29.6 Å². The van der Waals surface area contributed by atoms with Gasteiger partial charge in [-0.2, -0.15) is 0 Å². The molecule has 1 rings (SSSR count). The van der Waals surface area contributed by atoms with Crippen LogP contribution in [-0.4, -0.2) is 26.1 Å². The lowest BCUT2D eigenvalue weighted by Crippen LogP contribution is -2.20. The molecule has 4 nitrogen and oxygen atoms in total. The molecule has 0 aliphatic carbocycles. The number of ether oxygens (including phenoxy) is 1. The number of benzene rings is 1. The summed E-state index contributed by atoms with van der Waals surface area (Å²) in [6, 6.07) is 4.59. The van der Waals surface area contributed by atoms with Crippen LogP contribution in [0.15, 0.2) is 18.2 Å². The molecule has 0 radical (unpaired) electrons. The van der Waals surface area contributed by atoms with Gasteiger partial charge in [0.25, 0.3) is 0 Å². The summed E-state index contributed by atoms with van der Waals surface area (Å²) < 4.78 is 18.8. The quantitative estimate of drug-likeness (QED) is 0.707. The monoisotopic (exact) mass is 268 g/mol. The van der Waals surface area contributed by atoms with E-state index in [9.17, 15) is 9.18 Å². The number of rotatable bonds is 8. The molecule has 0 fully saturated rings. The molecule has 0 aliphatic rings. The minimum Gasteiger partial charge on any atom is -0.493 e. The van der Waals surface area contributed by atoms with Crippen molar-refractivity contribution < 1.29 is 13.9 Å². The largest absolute Gasteiger partial charge is 0.493 e. The van der Waals surface area contributed by atoms with Gasteiger partial charge in [-0.15, -0.1) is 0 Å². The first-order chi connectivity index (χ1) is 9.15. The number of nitrogens with one attached hydrogen (secondary N) is 2. The van der Waals surface area contributed by atoms with Crippen molar-refractivity contribution >= 4 is 5.91 Å². The molecule has 2 N–H and O–H groups in total. The van der Waals surface area contributed by atoms with Gasteiger partial charge in [-0.05, 0) is 30.7 Å². The molecule has 106 valence electrons. The minimum atomic E-state index is -0.328. The molecule has 0 unspecified atom stereocenters. The predicted molar refractivity (Wildman–Crippen MR) is 72.6 cm³/mol. The van der Waals surface area contributed by atoms with Gasteiger partial charge in [-0.1, -0.05) is 6.92 Å². The van der Waals surface area contributed by atoms with E-state index in [1.165, 1.54) is 12.1 Å². The van der Waals surface area contributed by atoms with E-state index < -0.39 is 0 Å². The molecular weight excluding hydrogens is 247 g/mol. The van der Waals surface area contributed by atoms with Gasteiger partial charge in [0.15, 0.2) is 0 Å². The van der Waals surface area contributed by atoms with Gasteiger partial charge in [-0.3, -0.25) is 4.79 Å². The number of hydrogen-bond donors (Lipinski definition) is 2. The molecule has 1 aromatic rings. The molecule has 0 bridgehead atoms. The van der Waals surface area contributed by atoms with E-state index in [1.807, 2.05) is 0 Å². The van der Waals surface area contributed by atoms with Crippen molar-refractivity contribution in [3.63, 3.8) is 0 Å². The minimum absolute atomic E-state index is 0.0961. The molecule has 1 amide bonds. The Hall–Kier alpha value is -1.62. The van der Waals surface area contributed by atoms with Gasteiger partial charge in [0.1, 0.15) is 11.6 Å². The molecule has 0 atom stereocenters. The third-order valence-corrected chi connectivity index (χ3v) is 2.56. The maximum absolute atomic E-state index is 13.4. The lowest BCUT2D eigenvalue weighted by Gasteiger charge is -2.09. The second kappa shape index (κ2) is 8.48. The standard InChI is InChI=1S/C14H21FN2O2/c1-3-5-17-10-11-7-12(15)9-13(8-11)19-6-4-14(18)16-2/h7-9,17H,3-6,10H2,1-2H3,(H,16,18). The summed E-state index contributed by atoms with van der Waals surface area (Å²) in [5.74, 6) is 0.0317. The summed E-state index contributed by atoms with van der Waals surface area (Å²) in [4.78, 5) is 11.0. The maximum Gasteiger partial charge on any atom is 0.223 e. The molecule has 0 aromatic heterocycles. The maximum atomic E-state index is 13.4. The van der Waals surface area contributed by atoms with E-state index in [0.717, 1.165) is 18.5 Å². The fraction of sp³-hybridized carbons (Fsp3) is 0.500. The molecule has 0 heterocycles. The van der Waals surface area contributed by atoms with Crippen LogP contribution in [0.3, 0.4) is 0 Å². The Morgan fingerprint density at radius 3 is 2.84 bits per heavy atom. The molecule has 5 heteroatoms. The highest BCUT2D eigenvalue weighted by Gasteiger charge is 2.03. The third kappa shape index (κ3) is 6.20. The van der Waals surface area contributed by atoms with Gasteiger partial charge in [-0.25, -0.2) is 4.39 Å². The van der Waals surface area contributed by atoms with Crippen molar-refractivity contribution in [1.82, 2.24) is 10.6 Å². The average molecular weight is 268 g/mol. The normalized spacial score (nSPS) is 10.3. The molecular formula is C14H21FN2O2. The second-order valence-corrected chi connectivity index (χ2v) is 4.24. The molecule has 0 saturated heterocycles. The van der Waals surface area contributed by atoms with E-state index >= 15 is 0 Å². The van der Waals surface area contributed by atoms with Crippen LogP contribution >= 0.6 is 0 Å². The van der Waals surface area contributed by atoms with Crippen molar-refractivity contribution in [1.29, 1.82) is 0 Å². The van der Waals surface area contributed by atoms with Crippen molar-refractivity contribution in [2.24, 2.45) is 0 Å². The highest BCUT2D eigenvalue weighted by Crippen LogP contribution is 2.16. The number of carbonyl (C=O) groups is 1. The van der Waals surface area contributed by atoms with Crippen LogP contribution in [0.5, 0.6) is 5.75 Å². The van der Waals surface area contributed by atoms with Crippen LogP contribution in [0.25, 0.3) is 0 Å². The zero-order valence-electron chi connectivity index (χ0n) is 11.5. The van der Waals surface area contributed by atoms with Crippen LogP contribution < -0.4 is 15.4 Å². The summed E-state index contributed by atoms with van der Waals surface area (Å²) >= 11 is 0. The highest BCUT2D eigenvalue weighted by atomic mass is 19.1. The average Bonchev–Trinajstić information content (AvgIpc) is 2.38. The molecule has 0 saturated carbocycles. The summed E-state index contributed by atoms with van der Waals surface area (Å²) in [6.07, 6.45) is 1.29. The van der Waals surface area contributed by atoms with Crippen LogP contribution in [0.1, 0.15) is 25.3 Å². The number of amides is 1. The number of hydrogen-bond acceptors (Lipinski definition) is 3. The van der Waals surface area contributed by atoms with Gasteiger partial charge < -0.3 is 15.4 Å². The summed E-state index contributed by atoms with van der Waals surface area (Å²) in [7, 11) is 1.57. The van der Waals surface area contributed by atoms with E-state index in [2.05, 4.69) is 17.6 Å². The zero-order valence-corrected chi connectivity index (χ0v) is 11.5. The second-order valence-electron chi connectivity index (χ2n) is 4.24. The van der Waals surface area contributed by atoms with Gasteiger partial charge in [0.05, 0.1) is 13.0 Å². The van der Waals surface area contributed by atoms with Gasteiger partial charge in [0.2, 0.25) is 5.91 Å². The molecule has 0 aliphatic heterocycles. The summed E-state index contributed by atoms with van der Waals surface area (Å²) in [5.41, 5.74) is 0.836. The Kier molecular flexibility index (Phi) is 6.89. The predicted octanol–water partition coefficient (Wildman–Crippen LogP) is 1.84. The van der Waals surface area contributed by atoms with Crippen LogP contribution in [0.2, 0.25) is 0 Å². The van der Waals surface area contributed by atoms with Crippen molar-refractivity contribution in [2.45, 2.75) is 26.3 Å². The van der Waals surface area contributed by atoms with E-state index in [-0.39, 0.29) is 24.8 Å². The van der Waals surface area contributed by atoms with E-state index in [0.29, 0.717) is 12.3 Å². The lowest BCUT2D eigenvalue weighted by molar-refractivity contribution is -0.121. The van der Waals surface area contributed by atoms with Crippen LogP contribution in [-0.2, 0) is 11.3 Å². The number of halogens is 1. The molecule has 0 spiro atoms. The topological polar surface area (TPSA) is 50.4 Å². The van der Waals surface area contributed by atoms with Crippen molar-refractivity contribution in [3.8, 4) is 5.75 Å². The first-order valence-electron chi connectivity index (χ1n) is 6.49. The zero-order chi connectivity index (χ0) is 14.1. The lowest BCUT2D eigenvalue weighted by atomic mass is 10.2. The summed E-state index contributed by atoms with van der Waals surface area (Å²) in [5, 5.41) is 5.71. The van der Waals surface area contributed by atoms with Crippen molar-refractivity contribution in [2.75, 3.05) is 20.2 Å². The Balaban J connectivity index is 2.50. The van der Waals surface area contributed by atoms with Crippen LogP contribution in [0.4, 0.5) is 4.39 Å². The van der Waals surface area contributed by atoms with E-state index in [4.69, 9.17) is 4.74 Å². The summed E-state index contributed by atoms with van der Waals surface area (Å²) in [6.45, 7) is 3.82. The Morgan fingerprint density at radius 2 is 2.16 bits per heavy atom. The third-order valence-electron chi connectivity index (χ3n) is 2.56. The SMILES string of the molecule is CCCNCc1cc(F)cc(OCCC(=O)NC)c1. The van der Waals surface area contributed by atoms with E-state index in [1.54, 1.807) is 13.1 Å². The van der Waals surface area contributed by atoms with Gasteiger partial charge >= 0.3 is 0 Å². The molecule has 1 aromatic carbocycles. The Bertz CT molecular complexity index is 410.